The minimum Gasteiger partial charge on any atom is -0.507 e. The summed E-state index contributed by atoms with van der Waals surface area (Å²) in [6.45, 7) is 0. The number of carboxylic acids is 1. The molecule has 1 amide bonds. The Balaban J connectivity index is 1.84. The molecular formula is C23H21NO11. The number of ketones is 4. The molecule has 0 aliphatic heterocycles. The highest BCUT2D eigenvalue weighted by Gasteiger charge is 2.70. The fourth-order valence-electron chi connectivity index (χ4n) is 5.48. The van der Waals surface area contributed by atoms with E-state index in [9.17, 15) is 43.8 Å². The molecule has 1 aromatic carbocycles. The molecule has 3 aliphatic carbocycles. The second kappa shape index (κ2) is 8.38. The van der Waals surface area contributed by atoms with Crippen LogP contribution >= 0.6 is 0 Å². The molecule has 3 aliphatic rings. The first-order valence-corrected chi connectivity index (χ1v) is 10.8. The lowest BCUT2D eigenvalue weighted by Crippen LogP contribution is -2.72. The number of esters is 1. The molecule has 1 aromatic rings. The molecule has 12 nitrogen and oxygen atoms in total. The Morgan fingerprint density at radius 3 is 2.37 bits per heavy atom. The van der Waals surface area contributed by atoms with Gasteiger partial charge in [0.1, 0.15) is 11.9 Å². The monoisotopic (exact) mass is 487 g/mol. The van der Waals surface area contributed by atoms with Crippen LogP contribution < -0.4 is 5.73 Å². The minimum absolute atomic E-state index is 0.0863. The van der Waals surface area contributed by atoms with Crippen molar-refractivity contribution in [3.05, 3.63) is 29.3 Å². The van der Waals surface area contributed by atoms with Gasteiger partial charge in [-0.3, -0.25) is 33.6 Å². The van der Waals surface area contributed by atoms with Crippen LogP contribution in [0.5, 0.6) is 5.75 Å². The molecule has 0 aromatic heterocycles. The summed E-state index contributed by atoms with van der Waals surface area (Å²) in [4.78, 5) is 87.7. The molecule has 12 heteroatoms. The van der Waals surface area contributed by atoms with Crippen LogP contribution in [-0.2, 0) is 39.9 Å². The average Bonchev–Trinajstić information content (AvgIpc) is 2.77. The third kappa shape index (κ3) is 3.60. The Hall–Kier alpha value is -3.93. The number of hydrogen-bond donors (Lipinski definition) is 4. The number of benzene rings is 1. The van der Waals surface area contributed by atoms with Gasteiger partial charge in [0.05, 0.1) is 24.3 Å². The third-order valence-electron chi connectivity index (χ3n) is 7.03. The number of carbonyl (C=O) groups excluding carboxylic acids is 6. The Kier molecular flexibility index (Phi) is 5.79. The highest BCUT2D eigenvalue weighted by molar-refractivity contribution is 6.31. The number of fused-ring (bicyclic) bond motifs is 3. The van der Waals surface area contributed by atoms with Crippen molar-refractivity contribution in [3.63, 3.8) is 0 Å². The van der Waals surface area contributed by atoms with Crippen LogP contribution in [0.1, 0.15) is 35.2 Å². The van der Waals surface area contributed by atoms with E-state index in [1.807, 2.05) is 0 Å². The number of rotatable bonds is 5. The molecular weight excluding hydrogens is 466 g/mol. The number of phenolic OH excluding ortho intramolecular Hbond substituents is 1. The first-order valence-electron chi connectivity index (χ1n) is 10.8. The second-order valence-corrected chi connectivity index (χ2v) is 8.98. The van der Waals surface area contributed by atoms with E-state index in [-0.39, 0.29) is 12.0 Å². The van der Waals surface area contributed by atoms with Crippen molar-refractivity contribution in [2.24, 2.45) is 29.4 Å². The van der Waals surface area contributed by atoms with Gasteiger partial charge in [-0.1, -0.05) is 12.1 Å². The number of nitrogens with two attached hydrogens (primary N) is 1. The Bertz CT molecular complexity index is 1200. The number of ether oxygens (including phenoxy) is 1. The van der Waals surface area contributed by atoms with Crippen molar-refractivity contribution in [3.8, 4) is 5.75 Å². The average molecular weight is 487 g/mol. The van der Waals surface area contributed by atoms with Crippen molar-refractivity contribution in [1.29, 1.82) is 0 Å². The normalized spacial score (nSPS) is 31.7. The van der Waals surface area contributed by atoms with Gasteiger partial charge in [0.15, 0.2) is 34.7 Å². The quantitative estimate of drug-likeness (QED) is 0.283. The molecule has 0 spiro atoms. The standard InChI is InChI=1S/C23H21NO11/c24-22(33)17-12(26)7-10-19(35-14(29)5-4-13(27)28)9-6-8-2-1-3-11(25)15(8)18(30)16(9)20(31)23(10,34)21(17)32/h1-3,9-10,16-17,19,25,34H,4-7H2,(H2,24,33)(H,27,28)/t9-,10-,16?,17?,19+,23+/m1/s1. The van der Waals surface area contributed by atoms with Crippen LogP contribution in [0.15, 0.2) is 18.2 Å². The van der Waals surface area contributed by atoms with Crippen molar-refractivity contribution in [2.75, 3.05) is 0 Å². The summed E-state index contributed by atoms with van der Waals surface area (Å²) in [6.07, 6.45) is -3.51. The summed E-state index contributed by atoms with van der Waals surface area (Å²) in [5, 5.41) is 30.5. The van der Waals surface area contributed by atoms with Crippen molar-refractivity contribution in [1.82, 2.24) is 0 Å². The molecule has 5 N–H and O–H groups in total. The summed E-state index contributed by atoms with van der Waals surface area (Å²) in [6, 6.07) is 4.19. The number of aliphatic carboxylic acids is 1. The highest BCUT2D eigenvalue weighted by Crippen LogP contribution is 2.51. The van der Waals surface area contributed by atoms with Gasteiger partial charge in [-0.05, 0) is 18.1 Å². The van der Waals surface area contributed by atoms with E-state index in [1.165, 1.54) is 18.2 Å². The first kappa shape index (κ1) is 24.2. The van der Waals surface area contributed by atoms with Crippen LogP contribution in [0, 0.1) is 23.7 Å². The smallest absolute Gasteiger partial charge is 0.306 e. The van der Waals surface area contributed by atoms with E-state index >= 15 is 0 Å². The maximum absolute atomic E-state index is 13.5. The molecule has 2 saturated carbocycles. The summed E-state index contributed by atoms with van der Waals surface area (Å²) >= 11 is 0. The van der Waals surface area contributed by atoms with Crippen LogP contribution in [0.25, 0.3) is 0 Å². The van der Waals surface area contributed by atoms with Crippen LogP contribution in [0.2, 0.25) is 0 Å². The Morgan fingerprint density at radius 1 is 1.06 bits per heavy atom. The van der Waals surface area contributed by atoms with Gasteiger partial charge >= 0.3 is 11.9 Å². The van der Waals surface area contributed by atoms with Crippen LogP contribution in [0.3, 0.4) is 0 Å². The summed E-state index contributed by atoms with van der Waals surface area (Å²) in [7, 11) is 0. The summed E-state index contributed by atoms with van der Waals surface area (Å²) in [5.74, 6) is -15.4. The zero-order valence-corrected chi connectivity index (χ0v) is 18.1. The first-order chi connectivity index (χ1) is 16.4. The number of carboxylic acid groups (broad SMARTS) is 1. The fraction of sp³-hybridized carbons (Fsp3) is 0.435. The van der Waals surface area contributed by atoms with E-state index in [1.54, 1.807) is 0 Å². The van der Waals surface area contributed by atoms with Gasteiger partial charge in [-0.2, -0.15) is 0 Å². The topological polar surface area (TPSA) is 215 Å². The largest absolute Gasteiger partial charge is 0.507 e. The molecule has 2 fully saturated rings. The molecule has 0 bridgehead atoms. The molecule has 35 heavy (non-hydrogen) atoms. The van der Waals surface area contributed by atoms with Crippen molar-refractivity contribution < 1.29 is 53.6 Å². The van der Waals surface area contributed by atoms with Crippen LogP contribution in [-0.4, -0.2) is 68.0 Å². The summed E-state index contributed by atoms with van der Waals surface area (Å²) in [5.41, 5.74) is 2.25. The lowest BCUT2D eigenvalue weighted by molar-refractivity contribution is -0.197. The SMILES string of the molecule is NC(=O)C1C(=O)C[C@@H]2[C@@H](OC(=O)CCC(=O)O)[C@@H]3Cc4cccc(O)c4C(=O)C3C(=O)[C@]2(O)C1=O. The van der Waals surface area contributed by atoms with E-state index < -0.39 is 101 Å². The number of aromatic hydroxyl groups is 1. The number of carbonyl (C=O) groups is 7. The molecule has 184 valence electrons. The van der Waals surface area contributed by atoms with Gasteiger partial charge in [0.25, 0.3) is 0 Å². The molecule has 0 radical (unpaired) electrons. The predicted octanol–water partition coefficient (Wildman–Crippen LogP) is -1.29. The maximum atomic E-state index is 13.5. The third-order valence-corrected chi connectivity index (χ3v) is 7.03. The zero-order chi connectivity index (χ0) is 25.8. The lowest BCUT2D eigenvalue weighted by atomic mass is 9.52. The van der Waals surface area contributed by atoms with Gasteiger partial charge in [0, 0.05) is 18.3 Å². The number of amides is 1. The van der Waals surface area contributed by atoms with E-state index in [4.69, 9.17) is 15.6 Å². The molecule has 0 heterocycles. The van der Waals surface area contributed by atoms with Crippen molar-refractivity contribution >= 4 is 41.0 Å². The number of aliphatic hydroxyl groups is 1. The summed E-state index contributed by atoms with van der Waals surface area (Å²) < 4.78 is 5.43. The molecule has 0 saturated heterocycles. The molecule has 2 unspecified atom stereocenters. The van der Waals surface area contributed by atoms with E-state index in [0.29, 0.717) is 5.56 Å². The molecule has 6 atom stereocenters. The number of hydrogen-bond acceptors (Lipinski definition) is 10. The highest BCUT2D eigenvalue weighted by atomic mass is 16.5. The van der Waals surface area contributed by atoms with E-state index in [2.05, 4.69) is 0 Å². The molecule has 4 rings (SSSR count). The lowest BCUT2D eigenvalue weighted by Gasteiger charge is -2.52. The van der Waals surface area contributed by atoms with Crippen LogP contribution in [0.4, 0.5) is 0 Å². The number of phenols is 1. The fourth-order valence-corrected chi connectivity index (χ4v) is 5.48. The van der Waals surface area contributed by atoms with Gasteiger partial charge in [-0.15, -0.1) is 0 Å². The van der Waals surface area contributed by atoms with Gasteiger partial charge < -0.3 is 25.8 Å². The Morgan fingerprint density at radius 2 is 1.74 bits per heavy atom. The van der Waals surface area contributed by atoms with Gasteiger partial charge in [-0.25, -0.2) is 0 Å². The predicted molar refractivity (Wildman–Crippen MR) is 111 cm³/mol. The second-order valence-electron chi connectivity index (χ2n) is 8.98. The zero-order valence-electron chi connectivity index (χ0n) is 18.1. The van der Waals surface area contributed by atoms with Gasteiger partial charge in [0.2, 0.25) is 5.91 Å². The van der Waals surface area contributed by atoms with E-state index in [0.717, 1.165) is 0 Å². The number of primary amides is 1. The number of Topliss-reactive ketones (excluding diaryl/α,β-unsaturated/α-hetero) is 4. The maximum Gasteiger partial charge on any atom is 0.306 e. The minimum atomic E-state index is -3.04. The van der Waals surface area contributed by atoms with Crippen molar-refractivity contribution in [2.45, 2.75) is 37.4 Å². The Labute approximate surface area is 197 Å².